The second-order valence-electron chi connectivity index (χ2n) is 4.19. The Labute approximate surface area is 116 Å². The Hall–Kier alpha value is -2.07. The van der Waals surface area contributed by atoms with Gasteiger partial charge in [0, 0.05) is 5.69 Å². The van der Waals surface area contributed by atoms with E-state index in [0.29, 0.717) is 22.2 Å². The summed E-state index contributed by atoms with van der Waals surface area (Å²) in [6.45, 7) is 1.79. The minimum Gasteiger partial charge on any atom is -0.398 e. The number of hydrogen-bond acceptors (Lipinski definition) is 3. The lowest BCUT2D eigenvalue weighted by Crippen LogP contribution is -2.16. The quantitative estimate of drug-likeness (QED) is 0.668. The lowest BCUT2D eigenvalue weighted by molar-refractivity contribution is -0.115. The molecular weight excluding hydrogens is 262 g/mol. The highest BCUT2D eigenvalue weighted by molar-refractivity contribution is 6.29. The Morgan fingerprint density at radius 3 is 2.74 bits per heavy atom. The van der Waals surface area contributed by atoms with E-state index in [1.807, 2.05) is 18.2 Å². The number of amides is 1. The number of aryl methyl sites for hydroxylation is 1. The molecule has 98 valence electrons. The minimum atomic E-state index is -0.134. The van der Waals surface area contributed by atoms with Crippen molar-refractivity contribution in [3.8, 4) is 0 Å². The molecule has 2 rings (SSSR count). The van der Waals surface area contributed by atoms with Crippen molar-refractivity contribution in [2.24, 2.45) is 0 Å². The van der Waals surface area contributed by atoms with Gasteiger partial charge in [-0.25, -0.2) is 4.98 Å². The zero-order valence-corrected chi connectivity index (χ0v) is 11.2. The standard InChI is InChI=1S/C14H14ClN3O/c1-9-12(6-7-13(15)17-9)18-14(19)8-10-4-2-3-5-11(10)16/h2-7H,8,16H2,1H3,(H,18,19). The number of rotatable bonds is 3. The van der Waals surface area contributed by atoms with Crippen molar-refractivity contribution in [1.29, 1.82) is 0 Å². The SMILES string of the molecule is Cc1nc(Cl)ccc1NC(=O)Cc1ccccc1N. The molecule has 1 aromatic heterocycles. The molecule has 1 amide bonds. The van der Waals surface area contributed by atoms with Crippen molar-refractivity contribution in [2.75, 3.05) is 11.1 Å². The third-order valence-electron chi connectivity index (χ3n) is 2.73. The van der Waals surface area contributed by atoms with Crippen LogP contribution in [0.2, 0.25) is 5.15 Å². The summed E-state index contributed by atoms with van der Waals surface area (Å²) in [5.74, 6) is -0.134. The second kappa shape index (κ2) is 5.71. The first kappa shape index (κ1) is 13.4. The summed E-state index contributed by atoms with van der Waals surface area (Å²) in [6, 6.07) is 10.7. The number of pyridine rings is 1. The number of nitrogens with zero attached hydrogens (tertiary/aromatic N) is 1. The van der Waals surface area contributed by atoms with Gasteiger partial charge in [-0.1, -0.05) is 29.8 Å². The van der Waals surface area contributed by atoms with Crippen molar-refractivity contribution < 1.29 is 4.79 Å². The van der Waals surface area contributed by atoms with E-state index in [1.54, 1.807) is 25.1 Å². The zero-order valence-electron chi connectivity index (χ0n) is 10.5. The van der Waals surface area contributed by atoms with Gasteiger partial charge in [-0.2, -0.15) is 0 Å². The van der Waals surface area contributed by atoms with Crippen LogP contribution in [0, 0.1) is 6.92 Å². The predicted octanol–water partition coefficient (Wildman–Crippen LogP) is 2.81. The molecular formula is C14H14ClN3O. The molecule has 5 heteroatoms. The number of carbonyl (C=O) groups excluding carboxylic acids is 1. The molecule has 3 N–H and O–H groups in total. The number of para-hydroxylation sites is 1. The monoisotopic (exact) mass is 275 g/mol. The molecule has 0 aliphatic rings. The summed E-state index contributed by atoms with van der Waals surface area (Å²) in [7, 11) is 0. The lowest BCUT2D eigenvalue weighted by Gasteiger charge is -2.09. The van der Waals surface area contributed by atoms with Gasteiger partial charge in [-0.3, -0.25) is 4.79 Å². The van der Waals surface area contributed by atoms with E-state index < -0.39 is 0 Å². The highest BCUT2D eigenvalue weighted by Crippen LogP contribution is 2.17. The summed E-state index contributed by atoms with van der Waals surface area (Å²) in [4.78, 5) is 16.0. The Kier molecular flexibility index (Phi) is 4.02. The molecule has 19 heavy (non-hydrogen) atoms. The molecule has 0 aliphatic heterocycles. The summed E-state index contributed by atoms with van der Waals surface area (Å²) < 4.78 is 0. The van der Waals surface area contributed by atoms with Crippen LogP contribution in [-0.2, 0) is 11.2 Å². The normalized spacial score (nSPS) is 10.2. The first-order chi connectivity index (χ1) is 9.06. The molecule has 0 bridgehead atoms. The van der Waals surface area contributed by atoms with Crippen LogP contribution in [0.1, 0.15) is 11.3 Å². The van der Waals surface area contributed by atoms with Gasteiger partial charge < -0.3 is 11.1 Å². The molecule has 0 unspecified atom stereocenters. The number of halogens is 1. The summed E-state index contributed by atoms with van der Waals surface area (Å²) >= 11 is 5.76. The molecule has 1 heterocycles. The minimum absolute atomic E-state index is 0.134. The molecule has 0 fully saturated rings. The fourth-order valence-corrected chi connectivity index (χ4v) is 1.91. The molecule has 0 spiro atoms. The van der Waals surface area contributed by atoms with Crippen LogP contribution in [-0.4, -0.2) is 10.9 Å². The third-order valence-corrected chi connectivity index (χ3v) is 2.94. The number of nitrogen functional groups attached to an aromatic ring is 1. The van der Waals surface area contributed by atoms with E-state index >= 15 is 0 Å². The topological polar surface area (TPSA) is 68.0 Å². The van der Waals surface area contributed by atoms with Gasteiger partial charge in [0.1, 0.15) is 5.15 Å². The van der Waals surface area contributed by atoms with Gasteiger partial charge in [0.15, 0.2) is 0 Å². The Balaban J connectivity index is 2.08. The maximum absolute atomic E-state index is 11.9. The van der Waals surface area contributed by atoms with Gasteiger partial charge in [-0.15, -0.1) is 0 Å². The first-order valence-corrected chi connectivity index (χ1v) is 6.20. The van der Waals surface area contributed by atoms with Crippen LogP contribution < -0.4 is 11.1 Å². The molecule has 0 saturated carbocycles. The van der Waals surface area contributed by atoms with E-state index in [0.717, 1.165) is 5.56 Å². The third kappa shape index (κ3) is 3.45. The smallest absolute Gasteiger partial charge is 0.228 e. The summed E-state index contributed by atoms with van der Waals surface area (Å²) in [5.41, 5.74) is 8.56. The lowest BCUT2D eigenvalue weighted by atomic mass is 10.1. The predicted molar refractivity (Wildman–Crippen MR) is 77.2 cm³/mol. The molecule has 1 aromatic carbocycles. The van der Waals surface area contributed by atoms with Crippen molar-refractivity contribution >= 4 is 28.9 Å². The summed E-state index contributed by atoms with van der Waals surface area (Å²) in [6.07, 6.45) is 0.231. The average molecular weight is 276 g/mol. The highest BCUT2D eigenvalue weighted by Gasteiger charge is 2.08. The van der Waals surface area contributed by atoms with Crippen molar-refractivity contribution in [2.45, 2.75) is 13.3 Å². The van der Waals surface area contributed by atoms with E-state index in [2.05, 4.69) is 10.3 Å². The molecule has 4 nitrogen and oxygen atoms in total. The number of carbonyl (C=O) groups is 1. The van der Waals surface area contributed by atoms with Crippen molar-refractivity contribution in [1.82, 2.24) is 4.98 Å². The van der Waals surface area contributed by atoms with Gasteiger partial charge in [-0.05, 0) is 30.7 Å². The van der Waals surface area contributed by atoms with Crippen LogP contribution in [0.5, 0.6) is 0 Å². The maximum Gasteiger partial charge on any atom is 0.228 e. The van der Waals surface area contributed by atoms with Gasteiger partial charge in [0.2, 0.25) is 5.91 Å². The Bertz CT molecular complexity index is 613. The number of hydrogen-bond donors (Lipinski definition) is 2. The maximum atomic E-state index is 11.9. The molecule has 2 aromatic rings. The number of anilines is 2. The van der Waals surface area contributed by atoms with Crippen LogP contribution in [0.4, 0.5) is 11.4 Å². The molecule has 0 saturated heterocycles. The van der Waals surface area contributed by atoms with Crippen LogP contribution >= 0.6 is 11.6 Å². The largest absolute Gasteiger partial charge is 0.398 e. The number of benzene rings is 1. The Morgan fingerprint density at radius 2 is 2.05 bits per heavy atom. The zero-order chi connectivity index (χ0) is 13.8. The average Bonchev–Trinajstić information content (AvgIpc) is 2.36. The van der Waals surface area contributed by atoms with Crippen molar-refractivity contribution in [3.63, 3.8) is 0 Å². The Morgan fingerprint density at radius 1 is 1.32 bits per heavy atom. The van der Waals surface area contributed by atoms with Crippen molar-refractivity contribution in [3.05, 3.63) is 52.8 Å². The molecule has 0 aliphatic carbocycles. The fraction of sp³-hybridized carbons (Fsp3) is 0.143. The van der Waals surface area contributed by atoms with E-state index in [4.69, 9.17) is 17.3 Å². The van der Waals surface area contributed by atoms with E-state index in [9.17, 15) is 4.79 Å². The fourth-order valence-electron chi connectivity index (χ4n) is 1.73. The highest BCUT2D eigenvalue weighted by atomic mass is 35.5. The van der Waals surface area contributed by atoms with Gasteiger partial charge in [0.25, 0.3) is 0 Å². The number of aromatic nitrogens is 1. The van der Waals surface area contributed by atoms with Crippen LogP contribution in [0.3, 0.4) is 0 Å². The number of nitrogens with two attached hydrogens (primary N) is 1. The van der Waals surface area contributed by atoms with E-state index in [-0.39, 0.29) is 12.3 Å². The van der Waals surface area contributed by atoms with E-state index in [1.165, 1.54) is 0 Å². The van der Waals surface area contributed by atoms with Gasteiger partial charge in [0.05, 0.1) is 17.8 Å². The molecule has 0 radical (unpaired) electrons. The molecule has 0 atom stereocenters. The second-order valence-corrected chi connectivity index (χ2v) is 4.58. The van der Waals surface area contributed by atoms with Crippen LogP contribution in [0.25, 0.3) is 0 Å². The van der Waals surface area contributed by atoms with Crippen LogP contribution in [0.15, 0.2) is 36.4 Å². The first-order valence-electron chi connectivity index (χ1n) is 5.82. The summed E-state index contributed by atoms with van der Waals surface area (Å²) in [5, 5.41) is 3.20. The number of nitrogens with one attached hydrogen (secondary N) is 1. The van der Waals surface area contributed by atoms with Gasteiger partial charge >= 0.3 is 0 Å².